The number of carbonyl (C=O) groups is 1. The SMILES string of the molecule is CCOc1cccc2sc(N3CCC(C(=O)NC(C)(C)C)C3)nc12. The van der Waals surface area contributed by atoms with E-state index >= 15 is 0 Å². The van der Waals surface area contributed by atoms with Gasteiger partial charge in [-0.05, 0) is 46.2 Å². The van der Waals surface area contributed by atoms with Crippen molar-refractivity contribution in [2.24, 2.45) is 5.92 Å². The topological polar surface area (TPSA) is 54.5 Å². The number of nitrogens with one attached hydrogen (secondary N) is 1. The molecule has 6 heteroatoms. The van der Waals surface area contributed by atoms with Gasteiger partial charge in [-0.15, -0.1) is 0 Å². The number of rotatable bonds is 4. The molecule has 1 aromatic heterocycles. The first kappa shape index (κ1) is 17.0. The van der Waals surface area contributed by atoms with E-state index in [2.05, 4.69) is 16.3 Å². The molecule has 24 heavy (non-hydrogen) atoms. The predicted molar refractivity (Wildman–Crippen MR) is 99.0 cm³/mol. The molecule has 1 unspecified atom stereocenters. The Morgan fingerprint density at radius 1 is 1.46 bits per heavy atom. The molecule has 0 spiro atoms. The van der Waals surface area contributed by atoms with Gasteiger partial charge in [-0.1, -0.05) is 17.4 Å². The van der Waals surface area contributed by atoms with Gasteiger partial charge in [0, 0.05) is 18.6 Å². The summed E-state index contributed by atoms with van der Waals surface area (Å²) in [6, 6.07) is 6.02. The number of aromatic nitrogens is 1. The van der Waals surface area contributed by atoms with Crippen molar-refractivity contribution in [1.82, 2.24) is 10.3 Å². The molecule has 0 bridgehead atoms. The first-order valence-electron chi connectivity index (χ1n) is 8.46. The van der Waals surface area contributed by atoms with E-state index in [9.17, 15) is 4.79 Å². The molecule has 5 nitrogen and oxygen atoms in total. The minimum atomic E-state index is -0.188. The molecule has 1 N–H and O–H groups in total. The second-order valence-corrected chi connectivity index (χ2v) is 8.21. The zero-order chi connectivity index (χ0) is 17.3. The van der Waals surface area contributed by atoms with E-state index in [0.717, 1.165) is 40.6 Å². The van der Waals surface area contributed by atoms with Crippen molar-refractivity contribution in [2.45, 2.75) is 39.7 Å². The molecular weight excluding hydrogens is 322 g/mol. The first-order chi connectivity index (χ1) is 11.4. The third-order valence-electron chi connectivity index (χ3n) is 4.00. The standard InChI is InChI=1S/C18H25N3O2S/c1-5-23-13-7-6-8-14-15(13)19-17(24-14)21-10-9-12(11-21)16(22)20-18(2,3)4/h6-8,12H,5,9-11H2,1-4H3,(H,20,22). The zero-order valence-electron chi connectivity index (χ0n) is 14.8. The highest BCUT2D eigenvalue weighted by atomic mass is 32.1. The number of thiazole rings is 1. The average Bonchev–Trinajstić information content (AvgIpc) is 3.13. The van der Waals surface area contributed by atoms with E-state index in [1.54, 1.807) is 11.3 Å². The maximum atomic E-state index is 12.4. The predicted octanol–water partition coefficient (Wildman–Crippen LogP) is 3.44. The van der Waals surface area contributed by atoms with E-state index in [1.165, 1.54) is 0 Å². The molecule has 2 heterocycles. The van der Waals surface area contributed by atoms with E-state index in [1.807, 2.05) is 39.8 Å². The van der Waals surface area contributed by atoms with Crippen LogP contribution in [-0.4, -0.2) is 36.1 Å². The maximum absolute atomic E-state index is 12.4. The lowest BCUT2D eigenvalue weighted by atomic mass is 10.0. The lowest BCUT2D eigenvalue weighted by Crippen LogP contribution is -2.44. The summed E-state index contributed by atoms with van der Waals surface area (Å²) in [6.45, 7) is 10.2. The number of hydrogen-bond acceptors (Lipinski definition) is 5. The Kier molecular flexibility index (Phi) is 4.67. The number of amides is 1. The molecule has 2 aromatic rings. The zero-order valence-corrected chi connectivity index (χ0v) is 15.6. The van der Waals surface area contributed by atoms with Crippen molar-refractivity contribution < 1.29 is 9.53 Å². The van der Waals surface area contributed by atoms with Gasteiger partial charge < -0.3 is 15.0 Å². The molecule has 1 aliphatic rings. The van der Waals surface area contributed by atoms with Crippen molar-refractivity contribution in [3.05, 3.63) is 18.2 Å². The molecule has 0 aliphatic carbocycles. The summed E-state index contributed by atoms with van der Waals surface area (Å²) in [5.74, 6) is 1.00. The van der Waals surface area contributed by atoms with Crippen molar-refractivity contribution in [1.29, 1.82) is 0 Å². The smallest absolute Gasteiger partial charge is 0.225 e. The third-order valence-corrected chi connectivity index (χ3v) is 5.08. The van der Waals surface area contributed by atoms with Crippen LogP contribution in [0.15, 0.2) is 18.2 Å². The summed E-state index contributed by atoms with van der Waals surface area (Å²) in [5.41, 5.74) is 0.731. The van der Waals surface area contributed by atoms with Crippen LogP contribution in [0.2, 0.25) is 0 Å². The number of benzene rings is 1. The van der Waals surface area contributed by atoms with Crippen molar-refractivity contribution in [2.75, 3.05) is 24.6 Å². The van der Waals surface area contributed by atoms with E-state index < -0.39 is 0 Å². The first-order valence-corrected chi connectivity index (χ1v) is 9.28. The summed E-state index contributed by atoms with van der Waals surface area (Å²) in [6.07, 6.45) is 0.871. The van der Waals surface area contributed by atoms with E-state index in [4.69, 9.17) is 9.72 Å². The highest BCUT2D eigenvalue weighted by Crippen LogP contribution is 2.36. The number of ether oxygens (including phenoxy) is 1. The fraction of sp³-hybridized carbons (Fsp3) is 0.556. The number of nitrogens with zero attached hydrogens (tertiary/aromatic N) is 2. The normalized spacial score (nSPS) is 18.2. The van der Waals surface area contributed by atoms with Gasteiger partial charge in [0.25, 0.3) is 0 Å². The van der Waals surface area contributed by atoms with E-state index in [-0.39, 0.29) is 17.4 Å². The largest absolute Gasteiger partial charge is 0.492 e. The molecule has 0 radical (unpaired) electrons. The molecule has 1 amide bonds. The van der Waals surface area contributed by atoms with Crippen LogP contribution >= 0.6 is 11.3 Å². The van der Waals surface area contributed by atoms with Gasteiger partial charge in [0.2, 0.25) is 5.91 Å². The molecule has 1 atom stereocenters. The lowest BCUT2D eigenvalue weighted by molar-refractivity contribution is -0.125. The monoisotopic (exact) mass is 347 g/mol. The van der Waals surface area contributed by atoms with Gasteiger partial charge >= 0.3 is 0 Å². The second kappa shape index (κ2) is 6.59. The van der Waals surface area contributed by atoms with Gasteiger partial charge in [-0.3, -0.25) is 4.79 Å². The maximum Gasteiger partial charge on any atom is 0.225 e. The molecule has 3 rings (SSSR count). The summed E-state index contributed by atoms with van der Waals surface area (Å²) in [5, 5.41) is 4.06. The third kappa shape index (κ3) is 3.64. The lowest BCUT2D eigenvalue weighted by Gasteiger charge is -2.23. The van der Waals surface area contributed by atoms with Crippen LogP contribution in [0.5, 0.6) is 5.75 Å². The van der Waals surface area contributed by atoms with Gasteiger partial charge in [0.15, 0.2) is 5.13 Å². The quantitative estimate of drug-likeness (QED) is 0.920. The number of fused-ring (bicyclic) bond motifs is 1. The Morgan fingerprint density at radius 2 is 2.25 bits per heavy atom. The number of carbonyl (C=O) groups excluding carboxylic acids is 1. The fourth-order valence-electron chi connectivity index (χ4n) is 2.94. The number of para-hydroxylation sites is 1. The van der Waals surface area contributed by atoms with Crippen LogP contribution in [0, 0.1) is 5.92 Å². The second-order valence-electron chi connectivity index (χ2n) is 7.20. The Labute approximate surface area is 147 Å². The summed E-state index contributed by atoms with van der Waals surface area (Å²) >= 11 is 1.66. The number of hydrogen-bond donors (Lipinski definition) is 1. The minimum Gasteiger partial charge on any atom is -0.492 e. The van der Waals surface area contributed by atoms with Crippen LogP contribution in [0.25, 0.3) is 10.2 Å². The van der Waals surface area contributed by atoms with Gasteiger partial charge in [0.1, 0.15) is 11.3 Å². The van der Waals surface area contributed by atoms with Crippen LogP contribution in [0.3, 0.4) is 0 Å². The van der Waals surface area contributed by atoms with Crippen LogP contribution in [-0.2, 0) is 4.79 Å². The van der Waals surface area contributed by atoms with Crippen molar-refractivity contribution in [3.63, 3.8) is 0 Å². The molecule has 1 aromatic carbocycles. The van der Waals surface area contributed by atoms with Crippen molar-refractivity contribution in [3.8, 4) is 5.75 Å². The van der Waals surface area contributed by atoms with Gasteiger partial charge in [0.05, 0.1) is 17.2 Å². The summed E-state index contributed by atoms with van der Waals surface area (Å²) in [7, 11) is 0. The summed E-state index contributed by atoms with van der Waals surface area (Å²) in [4.78, 5) is 19.4. The Bertz CT molecular complexity index is 735. The Hall–Kier alpha value is -1.82. The summed E-state index contributed by atoms with van der Waals surface area (Å²) < 4.78 is 6.79. The average molecular weight is 347 g/mol. The molecular formula is C18H25N3O2S. The fourth-order valence-corrected chi connectivity index (χ4v) is 3.96. The Balaban J connectivity index is 1.75. The van der Waals surface area contributed by atoms with Gasteiger partial charge in [-0.25, -0.2) is 4.98 Å². The molecule has 1 fully saturated rings. The van der Waals surface area contributed by atoms with Gasteiger partial charge in [-0.2, -0.15) is 0 Å². The minimum absolute atomic E-state index is 0.0302. The van der Waals surface area contributed by atoms with Crippen LogP contribution in [0.4, 0.5) is 5.13 Å². The molecule has 130 valence electrons. The highest BCUT2D eigenvalue weighted by Gasteiger charge is 2.31. The highest BCUT2D eigenvalue weighted by molar-refractivity contribution is 7.22. The van der Waals surface area contributed by atoms with Crippen LogP contribution in [0.1, 0.15) is 34.1 Å². The molecule has 1 aliphatic heterocycles. The van der Waals surface area contributed by atoms with Crippen molar-refractivity contribution >= 4 is 32.6 Å². The number of anilines is 1. The Morgan fingerprint density at radius 3 is 2.96 bits per heavy atom. The molecule has 1 saturated heterocycles. The van der Waals surface area contributed by atoms with E-state index in [0.29, 0.717) is 6.61 Å². The molecule has 0 saturated carbocycles. The van der Waals surface area contributed by atoms with Crippen LogP contribution < -0.4 is 15.0 Å².